The lowest BCUT2D eigenvalue weighted by Gasteiger charge is -2.38. The molecule has 0 radical (unpaired) electrons. The fourth-order valence-electron chi connectivity index (χ4n) is 3.73. The number of piperidine rings is 1. The molecule has 2 aliphatic rings. The van der Waals surface area contributed by atoms with Gasteiger partial charge in [-0.2, -0.15) is 4.68 Å². The highest BCUT2D eigenvalue weighted by Gasteiger charge is 2.43. The summed E-state index contributed by atoms with van der Waals surface area (Å²) in [5.41, 5.74) is 1.07. The first kappa shape index (κ1) is 18.5. The number of nitrogens with zero attached hydrogens (tertiary/aromatic N) is 4. The maximum absolute atomic E-state index is 13.1. The van der Waals surface area contributed by atoms with E-state index in [1.807, 2.05) is 31.2 Å². The van der Waals surface area contributed by atoms with Crippen molar-refractivity contribution >= 4 is 17.7 Å². The molecule has 2 unspecified atom stereocenters. The van der Waals surface area contributed by atoms with E-state index in [2.05, 4.69) is 15.0 Å². The van der Waals surface area contributed by atoms with Crippen LogP contribution in [0, 0.1) is 0 Å². The van der Waals surface area contributed by atoms with Crippen molar-refractivity contribution in [1.29, 1.82) is 0 Å². The van der Waals surface area contributed by atoms with E-state index in [0.29, 0.717) is 17.4 Å². The second-order valence-corrected chi connectivity index (χ2v) is 8.05. The van der Waals surface area contributed by atoms with Crippen molar-refractivity contribution < 1.29 is 14.6 Å². The molecule has 1 N–H and O–H groups in total. The topological polar surface area (TPSA) is 80.5 Å². The van der Waals surface area contributed by atoms with Crippen LogP contribution in [0.5, 0.6) is 5.75 Å². The first-order valence-corrected chi connectivity index (χ1v) is 10.2. The Balaban J connectivity index is 1.65. The number of carbonyl (C=O) groups is 1. The van der Waals surface area contributed by atoms with E-state index in [4.69, 9.17) is 4.74 Å². The van der Waals surface area contributed by atoms with Gasteiger partial charge in [-0.05, 0) is 30.5 Å². The van der Waals surface area contributed by atoms with Gasteiger partial charge in [0.1, 0.15) is 11.0 Å². The van der Waals surface area contributed by atoms with E-state index < -0.39 is 0 Å². The van der Waals surface area contributed by atoms with Crippen molar-refractivity contribution in [2.24, 2.45) is 0 Å². The largest absolute Gasteiger partial charge is 0.497 e. The van der Waals surface area contributed by atoms with E-state index in [0.717, 1.165) is 37.2 Å². The van der Waals surface area contributed by atoms with Crippen molar-refractivity contribution in [2.75, 3.05) is 20.2 Å². The summed E-state index contributed by atoms with van der Waals surface area (Å²) >= 11 is 1.49. The van der Waals surface area contributed by atoms with Crippen LogP contribution in [-0.4, -0.2) is 62.2 Å². The summed E-state index contributed by atoms with van der Waals surface area (Å²) in [5.74, 6) is 1.47. The fourth-order valence-corrected chi connectivity index (χ4v) is 5.01. The average molecular weight is 388 g/mol. The SMILES string of the molecule is CCc1nc2n(n1)C(=O)C(C(c1ccc(OC)cc1)N1CCC(O)CC1)S2. The van der Waals surface area contributed by atoms with Gasteiger partial charge in [-0.25, -0.2) is 4.98 Å². The zero-order valence-corrected chi connectivity index (χ0v) is 16.4. The van der Waals surface area contributed by atoms with Crippen molar-refractivity contribution in [3.05, 3.63) is 35.7 Å². The van der Waals surface area contributed by atoms with Crippen LogP contribution in [0.2, 0.25) is 0 Å². The number of aliphatic hydroxyl groups is 1. The lowest BCUT2D eigenvalue weighted by Crippen LogP contribution is -2.44. The van der Waals surface area contributed by atoms with Gasteiger partial charge in [0.15, 0.2) is 11.0 Å². The highest BCUT2D eigenvalue weighted by Crippen LogP contribution is 2.42. The van der Waals surface area contributed by atoms with Crippen LogP contribution >= 0.6 is 11.8 Å². The summed E-state index contributed by atoms with van der Waals surface area (Å²) in [7, 11) is 1.64. The number of thioether (sulfide) groups is 1. The van der Waals surface area contributed by atoms with Gasteiger partial charge in [0.25, 0.3) is 5.91 Å². The quantitative estimate of drug-likeness (QED) is 0.841. The number of hydrogen-bond donors (Lipinski definition) is 1. The van der Waals surface area contributed by atoms with Gasteiger partial charge in [-0.1, -0.05) is 30.8 Å². The van der Waals surface area contributed by atoms with Gasteiger partial charge >= 0.3 is 0 Å². The summed E-state index contributed by atoms with van der Waals surface area (Å²) < 4.78 is 6.74. The van der Waals surface area contributed by atoms with E-state index in [1.165, 1.54) is 16.4 Å². The summed E-state index contributed by atoms with van der Waals surface area (Å²) in [4.78, 5) is 19.9. The maximum atomic E-state index is 13.1. The normalized spacial score (nSPS) is 22.0. The number of methoxy groups -OCH3 is 1. The Morgan fingerprint density at radius 2 is 2.00 bits per heavy atom. The van der Waals surface area contributed by atoms with Gasteiger partial charge in [0.2, 0.25) is 0 Å². The maximum Gasteiger partial charge on any atom is 0.264 e. The zero-order chi connectivity index (χ0) is 19.0. The average Bonchev–Trinajstić information content (AvgIpc) is 3.23. The first-order chi connectivity index (χ1) is 13.1. The van der Waals surface area contributed by atoms with E-state index in [9.17, 15) is 9.90 Å². The Hall–Kier alpha value is -1.90. The number of carbonyl (C=O) groups excluding carboxylic acids is 1. The molecular weight excluding hydrogens is 364 g/mol. The lowest BCUT2D eigenvalue weighted by molar-refractivity contribution is 0.0551. The monoisotopic (exact) mass is 388 g/mol. The summed E-state index contributed by atoms with van der Waals surface area (Å²) in [6, 6.07) is 7.81. The first-order valence-electron chi connectivity index (χ1n) is 9.33. The molecule has 4 rings (SSSR count). The van der Waals surface area contributed by atoms with E-state index in [-0.39, 0.29) is 23.3 Å². The van der Waals surface area contributed by atoms with Gasteiger partial charge in [0.05, 0.1) is 19.3 Å². The Kier molecular flexibility index (Phi) is 5.21. The minimum atomic E-state index is -0.297. The number of likely N-dealkylation sites (tertiary alicyclic amines) is 1. The Morgan fingerprint density at radius 1 is 1.30 bits per heavy atom. The third-order valence-electron chi connectivity index (χ3n) is 5.26. The third kappa shape index (κ3) is 3.49. The lowest BCUT2D eigenvalue weighted by atomic mass is 9.97. The fraction of sp³-hybridized carbons (Fsp3) is 0.526. The Bertz CT molecular complexity index is 815. The Morgan fingerprint density at radius 3 is 2.59 bits per heavy atom. The molecule has 2 aliphatic heterocycles. The number of rotatable bonds is 5. The molecule has 144 valence electrons. The molecular formula is C19H24N4O3S. The summed E-state index contributed by atoms with van der Waals surface area (Å²) in [6.07, 6.45) is 1.90. The van der Waals surface area contributed by atoms with Crippen LogP contribution in [0.15, 0.2) is 29.4 Å². The molecule has 2 aromatic rings. The molecule has 0 saturated carbocycles. The number of aliphatic hydroxyl groups excluding tert-OH is 1. The van der Waals surface area contributed by atoms with Gasteiger partial charge in [-0.15, -0.1) is 5.10 Å². The molecule has 2 atom stereocenters. The molecule has 0 bridgehead atoms. The van der Waals surface area contributed by atoms with Crippen molar-refractivity contribution in [2.45, 2.75) is 48.7 Å². The Labute approximate surface area is 162 Å². The second-order valence-electron chi connectivity index (χ2n) is 6.94. The predicted molar refractivity (Wildman–Crippen MR) is 102 cm³/mol. The van der Waals surface area contributed by atoms with Crippen LogP contribution in [0.4, 0.5) is 0 Å². The van der Waals surface area contributed by atoms with Crippen LogP contribution in [-0.2, 0) is 6.42 Å². The molecule has 0 amide bonds. The summed E-state index contributed by atoms with van der Waals surface area (Å²) in [6.45, 7) is 3.51. The van der Waals surface area contributed by atoms with Gasteiger partial charge < -0.3 is 9.84 Å². The number of aromatic nitrogens is 3. The van der Waals surface area contributed by atoms with Crippen molar-refractivity contribution in [1.82, 2.24) is 19.7 Å². The minimum Gasteiger partial charge on any atom is -0.497 e. The van der Waals surface area contributed by atoms with Crippen molar-refractivity contribution in [3.63, 3.8) is 0 Å². The third-order valence-corrected chi connectivity index (χ3v) is 6.45. The molecule has 3 heterocycles. The van der Waals surface area contributed by atoms with E-state index >= 15 is 0 Å². The molecule has 0 aliphatic carbocycles. The highest BCUT2D eigenvalue weighted by molar-refractivity contribution is 8.00. The number of aryl methyl sites for hydroxylation is 1. The second kappa shape index (κ2) is 7.61. The molecule has 27 heavy (non-hydrogen) atoms. The number of hydrogen-bond acceptors (Lipinski definition) is 7. The predicted octanol–water partition coefficient (Wildman–Crippen LogP) is 2.16. The zero-order valence-electron chi connectivity index (χ0n) is 15.5. The van der Waals surface area contributed by atoms with Crippen molar-refractivity contribution in [3.8, 4) is 5.75 Å². The molecule has 0 spiro atoms. The van der Waals surface area contributed by atoms with Crippen LogP contribution in [0.25, 0.3) is 0 Å². The molecule has 1 saturated heterocycles. The van der Waals surface area contributed by atoms with Crippen LogP contribution in [0.3, 0.4) is 0 Å². The minimum absolute atomic E-state index is 0.0193. The van der Waals surface area contributed by atoms with Gasteiger partial charge in [0, 0.05) is 19.5 Å². The molecule has 1 fully saturated rings. The number of benzene rings is 1. The standard InChI is InChI=1S/C19H24N4O3S/c1-3-15-20-19-23(21-15)18(25)17(27-19)16(22-10-8-13(24)9-11-22)12-4-6-14(26-2)7-5-12/h4-7,13,16-17,24H,3,8-11H2,1-2H3. The van der Waals surface area contributed by atoms with Crippen LogP contribution < -0.4 is 4.74 Å². The molecule has 1 aromatic carbocycles. The highest BCUT2D eigenvalue weighted by atomic mass is 32.2. The smallest absolute Gasteiger partial charge is 0.264 e. The van der Waals surface area contributed by atoms with Crippen LogP contribution in [0.1, 0.15) is 42.0 Å². The number of fused-ring (bicyclic) bond motifs is 1. The molecule has 8 heteroatoms. The molecule has 7 nitrogen and oxygen atoms in total. The number of ether oxygens (including phenoxy) is 1. The summed E-state index contributed by atoms with van der Waals surface area (Å²) in [5, 5.41) is 14.6. The van der Waals surface area contributed by atoms with E-state index in [1.54, 1.807) is 7.11 Å². The van der Waals surface area contributed by atoms with Gasteiger partial charge in [-0.3, -0.25) is 9.69 Å². The molecule has 1 aromatic heterocycles.